The van der Waals surface area contributed by atoms with Crippen LogP contribution in [0.4, 0.5) is 0 Å². The predicted molar refractivity (Wildman–Crippen MR) is 125 cm³/mol. The number of hydrogen-bond donors (Lipinski definition) is 2. The molecule has 0 bridgehead atoms. The molecule has 0 radical (unpaired) electrons. The van der Waals surface area contributed by atoms with Gasteiger partial charge >= 0.3 is 11.9 Å². The van der Waals surface area contributed by atoms with Crippen LogP contribution in [0.3, 0.4) is 0 Å². The first kappa shape index (κ1) is 26.7. The molecule has 0 aliphatic rings. The van der Waals surface area contributed by atoms with Crippen LogP contribution in [-0.4, -0.2) is 67.9 Å². The molecule has 0 heterocycles. The summed E-state index contributed by atoms with van der Waals surface area (Å²) in [7, 11) is 1.45. The van der Waals surface area contributed by atoms with Gasteiger partial charge in [0.1, 0.15) is 19.0 Å². The van der Waals surface area contributed by atoms with Crippen LogP contribution in [0.2, 0.25) is 0 Å². The summed E-state index contributed by atoms with van der Waals surface area (Å²) in [6, 6.07) is 8.80. The number of hydrogen-bond acceptors (Lipinski definition) is 9. The Labute approximate surface area is 198 Å². The molecular formula is C25H30O9. The highest BCUT2D eigenvalue weighted by atomic mass is 16.6. The third-order valence-electron chi connectivity index (χ3n) is 4.63. The summed E-state index contributed by atoms with van der Waals surface area (Å²) in [5.41, 5.74) is 0.417. The standard InChI is InChI=1S/C25H30O9/c1-15(2)24(28)33-17(11-26)13-31-21-10-22(30-5)23(20-9-7-6-8-19(20)21)32-14-18(12-27)34-25(29)16(3)4/h6-10,17-18,26-27H,1,3,11-14H2,2,4-5H3. The first-order valence-electron chi connectivity index (χ1n) is 10.5. The van der Waals surface area contributed by atoms with Crippen LogP contribution >= 0.6 is 0 Å². The molecule has 0 aliphatic carbocycles. The number of rotatable bonds is 13. The summed E-state index contributed by atoms with van der Waals surface area (Å²) in [6.45, 7) is 8.96. The minimum Gasteiger partial charge on any atom is -0.493 e. The highest BCUT2D eigenvalue weighted by Gasteiger charge is 2.21. The largest absolute Gasteiger partial charge is 0.493 e. The average Bonchev–Trinajstić information content (AvgIpc) is 2.83. The molecule has 0 amide bonds. The van der Waals surface area contributed by atoms with Crippen molar-refractivity contribution in [2.24, 2.45) is 0 Å². The Kier molecular flexibility index (Phi) is 9.91. The zero-order valence-electron chi connectivity index (χ0n) is 19.5. The van der Waals surface area contributed by atoms with Crippen LogP contribution in [0.15, 0.2) is 54.6 Å². The van der Waals surface area contributed by atoms with Crippen molar-refractivity contribution in [2.45, 2.75) is 26.1 Å². The van der Waals surface area contributed by atoms with E-state index in [2.05, 4.69) is 13.2 Å². The fraction of sp³-hybridized carbons (Fsp3) is 0.360. The van der Waals surface area contributed by atoms with E-state index in [0.29, 0.717) is 28.0 Å². The van der Waals surface area contributed by atoms with Crippen molar-refractivity contribution >= 4 is 22.7 Å². The van der Waals surface area contributed by atoms with Gasteiger partial charge < -0.3 is 33.9 Å². The minimum absolute atomic E-state index is 0.105. The monoisotopic (exact) mass is 474 g/mol. The van der Waals surface area contributed by atoms with Crippen molar-refractivity contribution in [3.8, 4) is 17.2 Å². The number of fused-ring (bicyclic) bond motifs is 1. The molecule has 0 saturated carbocycles. The lowest BCUT2D eigenvalue weighted by Gasteiger charge is -2.21. The third kappa shape index (κ3) is 6.97. The van der Waals surface area contributed by atoms with Gasteiger partial charge in [-0.1, -0.05) is 37.4 Å². The van der Waals surface area contributed by atoms with Gasteiger partial charge in [0.15, 0.2) is 23.7 Å². The first-order chi connectivity index (χ1) is 16.2. The van der Waals surface area contributed by atoms with Crippen molar-refractivity contribution in [1.29, 1.82) is 0 Å². The molecule has 2 aromatic carbocycles. The predicted octanol–water partition coefficient (Wildman–Crippen LogP) is 2.57. The van der Waals surface area contributed by atoms with E-state index in [1.165, 1.54) is 21.0 Å². The Morgan fingerprint density at radius 2 is 1.35 bits per heavy atom. The molecule has 184 valence electrons. The minimum atomic E-state index is -0.906. The van der Waals surface area contributed by atoms with Crippen LogP contribution in [0.1, 0.15) is 13.8 Å². The van der Waals surface area contributed by atoms with Crippen LogP contribution in [-0.2, 0) is 19.1 Å². The molecule has 0 aliphatic heterocycles. The van der Waals surface area contributed by atoms with Gasteiger partial charge in [-0.25, -0.2) is 9.59 Å². The van der Waals surface area contributed by atoms with Crippen molar-refractivity contribution in [3.63, 3.8) is 0 Å². The lowest BCUT2D eigenvalue weighted by molar-refractivity contribution is -0.148. The van der Waals surface area contributed by atoms with Crippen LogP contribution in [0.5, 0.6) is 17.2 Å². The molecule has 2 unspecified atom stereocenters. The molecule has 2 aromatic rings. The Balaban J connectivity index is 2.28. The molecule has 0 saturated heterocycles. The number of carbonyl (C=O) groups is 2. The van der Waals surface area contributed by atoms with Crippen LogP contribution < -0.4 is 14.2 Å². The smallest absolute Gasteiger partial charge is 0.333 e. The number of carbonyl (C=O) groups excluding carboxylic acids is 2. The molecule has 0 fully saturated rings. The number of methoxy groups -OCH3 is 1. The maximum atomic E-state index is 11.8. The van der Waals surface area contributed by atoms with Crippen molar-refractivity contribution in [1.82, 2.24) is 0 Å². The zero-order valence-corrected chi connectivity index (χ0v) is 19.5. The van der Waals surface area contributed by atoms with Gasteiger partial charge in [0.2, 0.25) is 0 Å². The lowest BCUT2D eigenvalue weighted by Crippen LogP contribution is -2.29. The number of esters is 2. The zero-order chi connectivity index (χ0) is 25.3. The van der Waals surface area contributed by atoms with Gasteiger partial charge in [0, 0.05) is 28.0 Å². The number of aliphatic hydroxyl groups is 2. The first-order valence-corrected chi connectivity index (χ1v) is 10.5. The van der Waals surface area contributed by atoms with Gasteiger partial charge in [0.05, 0.1) is 20.3 Å². The van der Waals surface area contributed by atoms with Crippen LogP contribution in [0.25, 0.3) is 10.8 Å². The van der Waals surface area contributed by atoms with Gasteiger partial charge in [-0.05, 0) is 13.8 Å². The third-order valence-corrected chi connectivity index (χ3v) is 4.63. The summed E-state index contributed by atoms with van der Waals surface area (Å²) < 4.78 is 27.5. The fourth-order valence-electron chi connectivity index (χ4n) is 2.82. The van der Waals surface area contributed by atoms with E-state index < -0.39 is 37.4 Å². The Bertz CT molecular complexity index is 1040. The van der Waals surface area contributed by atoms with Crippen molar-refractivity contribution in [3.05, 3.63) is 54.6 Å². The summed E-state index contributed by atoms with van der Waals surface area (Å²) in [6.07, 6.45) is -1.80. The quantitative estimate of drug-likeness (QED) is 0.333. The van der Waals surface area contributed by atoms with E-state index in [9.17, 15) is 19.8 Å². The van der Waals surface area contributed by atoms with E-state index in [1.807, 2.05) is 0 Å². The van der Waals surface area contributed by atoms with Crippen LogP contribution in [0, 0.1) is 0 Å². The van der Waals surface area contributed by atoms with Crippen molar-refractivity contribution < 1.29 is 43.5 Å². The molecule has 0 spiro atoms. The molecule has 2 atom stereocenters. The fourth-order valence-corrected chi connectivity index (χ4v) is 2.82. The summed E-state index contributed by atoms with van der Waals surface area (Å²) >= 11 is 0. The highest BCUT2D eigenvalue weighted by Crippen LogP contribution is 2.41. The summed E-state index contributed by atoms with van der Waals surface area (Å²) in [5, 5.41) is 20.4. The molecule has 2 rings (SSSR count). The molecular weight excluding hydrogens is 444 g/mol. The highest BCUT2D eigenvalue weighted by molar-refractivity contribution is 5.95. The Morgan fingerprint density at radius 3 is 1.82 bits per heavy atom. The Morgan fingerprint density at radius 1 is 0.853 bits per heavy atom. The number of benzene rings is 2. The van der Waals surface area contributed by atoms with Gasteiger partial charge in [-0.3, -0.25) is 0 Å². The maximum absolute atomic E-state index is 11.8. The van der Waals surface area contributed by atoms with E-state index >= 15 is 0 Å². The van der Waals surface area contributed by atoms with Gasteiger partial charge in [-0.15, -0.1) is 0 Å². The van der Waals surface area contributed by atoms with Crippen molar-refractivity contribution in [2.75, 3.05) is 33.5 Å². The topological polar surface area (TPSA) is 121 Å². The summed E-state index contributed by atoms with van der Waals surface area (Å²) in [5.74, 6) is -0.149. The van der Waals surface area contributed by atoms with E-state index in [1.54, 1.807) is 30.3 Å². The summed E-state index contributed by atoms with van der Waals surface area (Å²) in [4.78, 5) is 23.5. The lowest BCUT2D eigenvalue weighted by atomic mass is 10.1. The normalized spacial score (nSPS) is 12.4. The van der Waals surface area contributed by atoms with E-state index in [0.717, 1.165) is 0 Å². The van der Waals surface area contributed by atoms with E-state index in [4.69, 9.17) is 23.7 Å². The molecule has 9 nitrogen and oxygen atoms in total. The number of ether oxygens (including phenoxy) is 5. The number of aliphatic hydroxyl groups excluding tert-OH is 2. The van der Waals surface area contributed by atoms with Gasteiger partial charge in [0.25, 0.3) is 0 Å². The van der Waals surface area contributed by atoms with E-state index in [-0.39, 0.29) is 24.4 Å². The maximum Gasteiger partial charge on any atom is 0.333 e. The second-order valence-electron chi connectivity index (χ2n) is 7.55. The molecule has 0 aromatic heterocycles. The molecule has 9 heteroatoms. The molecule has 34 heavy (non-hydrogen) atoms. The Hall–Kier alpha value is -3.56. The SMILES string of the molecule is C=C(C)C(=O)OC(CO)COc1cc(OC)c(OCC(CO)OC(=O)C(=C)C)c2ccccc12. The second kappa shape index (κ2) is 12.6. The second-order valence-corrected chi connectivity index (χ2v) is 7.55. The molecule has 2 N–H and O–H groups in total. The van der Waals surface area contributed by atoms with Gasteiger partial charge in [-0.2, -0.15) is 0 Å². The average molecular weight is 475 g/mol.